The largest absolute Gasteiger partial charge is 0.462 e. The third kappa shape index (κ3) is 29.9. The van der Waals surface area contributed by atoms with Crippen molar-refractivity contribution in [2.75, 3.05) is 13.2 Å². The normalized spacial score (nSPS) is 12.3. The van der Waals surface area contributed by atoms with E-state index in [-0.39, 0.29) is 25.2 Å². The molecule has 0 heterocycles. The first-order valence-corrected chi connectivity index (χ1v) is 17.3. The van der Waals surface area contributed by atoms with E-state index < -0.39 is 6.10 Å². The molecular formula is C35H68O5. The number of hydrogen-bond donors (Lipinski definition) is 1. The van der Waals surface area contributed by atoms with Gasteiger partial charge in [0.25, 0.3) is 0 Å². The lowest BCUT2D eigenvalue weighted by Crippen LogP contribution is -2.28. The van der Waals surface area contributed by atoms with Crippen molar-refractivity contribution in [2.45, 2.75) is 188 Å². The van der Waals surface area contributed by atoms with E-state index in [0.29, 0.717) is 12.8 Å². The Morgan fingerprint density at radius 2 is 0.825 bits per heavy atom. The number of rotatable bonds is 30. The molecule has 0 aliphatic rings. The summed E-state index contributed by atoms with van der Waals surface area (Å²) in [5.41, 5.74) is 0. The monoisotopic (exact) mass is 569 g/mol. The average molecular weight is 569 g/mol. The molecule has 0 aromatic carbocycles. The van der Waals surface area contributed by atoms with Crippen LogP contribution in [0, 0.1) is 11.8 Å². The molecule has 0 bridgehead atoms. The van der Waals surface area contributed by atoms with Crippen molar-refractivity contribution >= 4 is 11.9 Å². The molecule has 0 aromatic rings. The van der Waals surface area contributed by atoms with Crippen LogP contribution in [0.1, 0.15) is 182 Å². The lowest BCUT2D eigenvalue weighted by Gasteiger charge is -2.15. The van der Waals surface area contributed by atoms with Crippen LogP contribution in [-0.4, -0.2) is 36.4 Å². The molecule has 0 amide bonds. The lowest BCUT2D eigenvalue weighted by molar-refractivity contribution is -0.161. The minimum atomic E-state index is -0.762. The predicted octanol–water partition coefficient (Wildman–Crippen LogP) is 10.1. The molecule has 0 aromatic heterocycles. The van der Waals surface area contributed by atoms with E-state index in [1.54, 1.807) is 0 Å². The first kappa shape index (κ1) is 38.9. The summed E-state index contributed by atoms with van der Waals surface area (Å²) in [5.74, 6) is 1.07. The zero-order chi connectivity index (χ0) is 29.7. The van der Waals surface area contributed by atoms with Crippen LogP contribution in [0.3, 0.4) is 0 Å². The fraction of sp³-hybridized carbons (Fsp3) is 0.943. The molecule has 5 heteroatoms. The van der Waals surface area contributed by atoms with E-state index >= 15 is 0 Å². The molecule has 40 heavy (non-hydrogen) atoms. The fourth-order valence-electron chi connectivity index (χ4n) is 5.10. The molecule has 1 unspecified atom stereocenters. The highest BCUT2D eigenvalue weighted by Crippen LogP contribution is 2.15. The highest BCUT2D eigenvalue weighted by molar-refractivity contribution is 5.70. The molecular weight excluding hydrogens is 500 g/mol. The van der Waals surface area contributed by atoms with E-state index in [0.717, 1.165) is 50.4 Å². The van der Waals surface area contributed by atoms with E-state index in [4.69, 9.17) is 9.47 Å². The summed E-state index contributed by atoms with van der Waals surface area (Å²) < 4.78 is 10.6. The number of aliphatic hydroxyl groups excluding tert-OH is 1. The van der Waals surface area contributed by atoms with Crippen molar-refractivity contribution in [3.05, 3.63) is 0 Å². The highest BCUT2D eigenvalue weighted by Gasteiger charge is 2.16. The topological polar surface area (TPSA) is 72.8 Å². The van der Waals surface area contributed by atoms with E-state index in [1.165, 1.54) is 103 Å². The number of ether oxygens (including phenoxy) is 2. The Balaban J connectivity index is 3.55. The van der Waals surface area contributed by atoms with Crippen LogP contribution >= 0.6 is 0 Å². The minimum absolute atomic E-state index is 0.0598. The van der Waals surface area contributed by atoms with Gasteiger partial charge in [0.2, 0.25) is 0 Å². The number of esters is 2. The van der Waals surface area contributed by atoms with Gasteiger partial charge < -0.3 is 14.6 Å². The molecule has 0 fully saturated rings. The predicted molar refractivity (Wildman–Crippen MR) is 168 cm³/mol. The summed E-state index contributed by atoms with van der Waals surface area (Å²) in [5, 5.41) is 9.50. The summed E-state index contributed by atoms with van der Waals surface area (Å²) in [6.07, 6.45) is 27.3. The van der Waals surface area contributed by atoms with Gasteiger partial charge in [-0.05, 0) is 24.7 Å². The van der Waals surface area contributed by atoms with Gasteiger partial charge in [-0.15, -0.1) is 0 Å². The Hall–Kier alpha value is -1.10. The Bertz CT molecular complexity index is 560. The zero-order valence-corrected chi connectivity index (χ0v) is 27.2. The van der Waals surface area contributed by atoms with Crippen molar-refractivity contribution in [3.63, 3.8) is 0 Å². The number of carbonyl (C=O) groups excluding carboxylic acids is 2. The molecule has 238 valence electrons. The van der Waals surface area contributed by atoms with E-state index in [9.17, 15) is 14.7 Å². The number of hydrogen-bond acceptors (Lipinski definition) is 5. The maximum absolute atomic E-state index is 12.1. The van der Waals surface area contributed by atoms with Crippen molar-refractivity contribution < 1.29 is 24.2 Å². The van der Waals surface area contributed by atoms with Crippen LogP contribution in [-0.2, 0) is 19.1 Å². The molecule has 1 N–H and O–H groups in total. The first-order valence-electron chi connectivity index (χ1n) is 17.3. The molecule has 0 spiro atoms. The zero-order valence-electron chi connectivity index (χ0n) is 27.2. The second-order valence-corrected chi connectivity index (χ2v) is 12.9. The fourth-order valence-corrected chi connectivity index (χ4v) is 5.10. The summed E-state index contributed by atoms with van der Waals surface area (Å²) in [7, 11) is 0. The standard InChI is InChI=1S/C35H68O5/c1-31(2)25-21-17-13-9-5-7-11-15-19-23-27-34(37)39-30-33(29-36)40-35(38)28-24-20-16-12-8-6-10-14-18-22-26-32(3)4/h31-33,36H,5-30H2,1-4H3. The van der Waals surface area contributed by atoms with Crippen LogP contribution in [0.5, 0.6) is 0 Å². The Morgan fingerprint density at radius 3 is 1.18 bits per heavy atom. The molecule has 0 aliphatic heterocycles. The SMILES string of the molecule is CC(C)CCCCCCCCCCCCC(=O)OCC(CO)OC(=O)CCCCCCCCCCCCC(C)C. The van der Waals surface area contributed by atoms with Gasteiger partial charge in [0, 0.05) is 12.8 Å². The second kappa shape index (κ2) is 29.4. The van der Waals surface area contributed by atoms with E-state index in [1.807, 2.05) is 0 Å². The van der Waals surface area contributed by atoms with Gasteiger partial charge in [-0.3, -0.25) is 9.59 Å². The van der Waals surface area contributed by atoms with Crippen LogP contribution in [0.2, 0.25) is 0 Å². The van der Waals surface area contributed by atoms with Crippen LogP contribution in [0.25, 0.3) is 0 Å². The maximum atomic E-state index is 12.1. The van der Waals surface area contributed by atoms with E-state index in [2.05, 4.69) is 27.7 Å². The highest BCUT2D eigenvalue weighted by atomic mass is 16.6. The smallest absolute Gasteiger partial charge is 0.306 e. The van der Waals surface area contributed by atoms with Crippen LogP contribution in [0.15, 0.2) is 0 Å². The average Bonchev–Trinajstić information content (AvgIpc) is 2.91. The second-order valence-electron chi connectivity index (χ2n) is 12.9. The number of aliphatic hydroxyl groups is 1. The lowest BCUT2D eigenvalue weighted by atomic mass is 10.0. The Kier molecular flexibility index (Phi) is 28.6. The van der Waals surface area contributed by atoms with Gasteiger partial charge >= 0.3 is 11.9 Å². The molecule has 0 saturated heterocycles. The first-order chi connectivity index (χ1) is 19.3. The van der Waals surface area contributed by atoms with Gasteiger partial charge in [-0.2, -0.15) is 0 Å². The molecule has 5 nitrogen and oxygen atoms in total. The van der Waals surface area contributed by atoms with Crippen molar-refractivity contribution in [1.29, 1.82) is 0 Å². The molecule has 1 atom stereocenters. The maximum Gasteiger partial charge on any atom is 0.306 e. The van der Waals surface area contributed by atoms with Gasteiger partial charge in [0.1, 0.15) is 6.61 Å². The summed E-state index contributed by atoms with van der Waals surface area (Å²) in [6.45, 7) is 8.80. The van der Waals surface area contributed by atoms with Gasteiger partial charge in [-0.1, -0.05) is 156 Å². The molecule has 0 rings (SSSR count). The summed E-state index contributed by atoms with van der Waals surface area (Å²) in [4.78, 5) is 24.1. The van der Waals surface area contributed by atoms with Crippen LogP contribution in [0.4, 0.5) is 0 Å². The van der Waals surface area contributed by atoms with Gasteiger partial charge in [0.15, 0.2) is 6.10 Å². The molecule has 0 aliphatic carbocycles. The molecule has 0 radical (unpaired) electrons. The van der Waals surface area contributed by atoms with Gasteiger partial charge in [0.05, 0.1) is 6.61 Å². The van der Waals surface area contributed by atoms with Crippen molar-refractivity contribution in [1.82, 2.24) is 0 Å². The summed E-state index contributed by atoms with van der Waals surface area (Å²) in [6, 6.07) is 0. The van der Waals surface area contributed by atoms with Crippen molar-refractivity contribution in [3.8, 4) is 0 Å². The number of carbonyl (C=O) groups is 2. The van der Waals surface area contributed by atoms with Gasteiger partial charge in [-0.25, -0.2) is 0 Å². The van der Waals surface area contributed by atoms with Crippen molar-refractivity contribution in [2.24, 2.45) is 11.8 Å². The quantitative estimate of drug-likeness (QED) is 0.0689. The molecule has 0 saturated carbocycles. The number of unbranched alkanes of at least 4 members (excludes halogenated alkanes) is 18. The minimum Gasteiger partial charge on any atom is -0.462 e. The Morgan fingerprint density at radius 1 is 0.500 bits per heavy atom. The third-order valence-corrected chi connectivity index (χ3v) is 7.76. The van der Waals surface area contributed by atoms with Crippen LogP contribution < -0.4 is 0 Å². The Labute approximate surface area is 248 Å². The third-order valence-electron chi connectivity index (χ3n) is 7.76. The summed E-state index contributed by atoms with van der Waals surface area (Å²) >= 11 is 0.